The van der Waals surface area contributed by atoms with Crippen LogP contribution in [0.25, 0.3) is 11.0 Å². The molecule has 2 N–H and O–H groups in total. The van der Waals surface area contributed by atoms with Crippen LogP contribution in [0.5, 0.6) is 0 Å². The maximum atomic E-state index is 13.2. The lowest BCUT2D eigenvalue weighted by Crippen LogP contribution is -2.53. The number of aromatic nitrogens is 5. The molecule has 3 heterocycles. The number of nitrogens with one attached hydrogen (secondary N) is 2. The van der Waals surface area contributed by atoms with Gasteiger partial charge in [-0.1, -0.05) is 25.0 Å². The van der Waals surface area contributed by atoms with Gasteiger partial charge in [0, 0.05) is 5.92 Å². The van der Waals surface area contributed by atoms with Crippen LogP contribution in [0.4, 0.5) is 0 Å². The first-order valence-electron chi connectivity index (χ1n) is 9.89. The fourth-order valence-electron chi connectivity index (χ4n) is 4.43. The third kappa shape index (κ3) is 2.79. The summed E-state index contributed by atoms with van der Waals surface area (Å²) in [6, 6.07) is 7.83. The van der Waals surface area contributed by atoms with Gasteiger partial charge in [0.15, 0.2) is 5.82 Å². The molecule has 3 aromatic rings. The number of hydrogen-bond donors (Lipinski definition) is 2. The fourth-order valence-corrected chi connectivity index (χ4v) is 4.43. The van der Waals surface area contributed by atoms with E-state index in [1.165, 1.54) is 12.8 Å². The third-order valence-corrected chi connectivity index (χ3v) is 5.93. The largest absolute Gasteiger partial charge is 0.370 e. The topological polar surface area (TPSA) is 97.7 Å². The molecule has 1 aliphatic heterocycles. The van der Waals surface area contributed by atoms with Gasteiger partial charge in [-0.2, -0.15) is 0 Å². The van der Waals surface area contributed by atoms with Crippen LogP contribution >= 0.6 is 0 Å². The minimum absolute atomic E-state index is 0.104. The minimum atomic E-state index is -0.860. The first kappa shape index (κ1) is 17.4. The molecule has 146 valence electrons. The molecule has 1 unspecified atom stereocenters. The Bertz CT molecular complexity index is 986. The Morgan fingerprint density at radius 2 is 2.14 bits per heavy atom. The van der Waals surface area contributed by atoms with Crippen molar-refractivity contribution in [3.63, 3.8) is 0 Å². The number of para-hydroxylation sites is 2. The van der Waals surface area contributed by atoms with E-state index in [2.05, 4.69) is 25.5 Å². The smallest absolute Gasteiger partial charge is 0.248 e. The highest BCUT2D eigenvalue weighted by Crippen LogP contribution is 2.37. The summed E-state index contributed by atoms with van der Waals surface area (Å²) in [5, 5.41) is 11.8. The zero-order chi connectivity index (χ0) is 19.1. The van der Waals surface area contributed by atoms with Crippen molar-refractivity contribution in [3.05, 3.63) is 41.7 Å². The molecule has 1 atom stereocenters. The van der Waals surface area contributed by atoms with E-state index in [1.807, 2.05) is 35.8 Å². The molecule has 1 aromatic carbocycles. The highest BCUT2D eigenvalue weighted by atomic mass is 16.5. The first-order chi connectivity index (χ1) is 13.6. The standard InChI is InChI=1S/C20H24N6O2/c1-20(19(27)21-10-16-22-14-8-4-5-9-15(14)23-16)12-28-11-17-24-25-18(26(17)20)13-6-2-3-7-13/h4-5,8-9,13H,2-3,6-7,10-12H2,1H3,(H,21,27)(H,22,23). The Labute approximate surface area is 162 Å². The Hall–Kier alpha value is -2.74. The zero-order valence-corrected chi connectivity index (χ0v) is 15.9. The number of rotatable bonds is 4. The van der Waals surface area contributed by atoms with Crippen molar-refractivity contribution in [2.75, 3.05) is 6.61 Å². The molecule has 1 aliphatic carbocycles. The fraction of sp³-hybridized carbons (Fsp3) is 0.500. The normalized spacial score (nSPS) is 22.5. The number of H-pyrrole nitrogens is 1. The van der Waals surface area contributed by atoms with Crippen LogP contribution in [0.1, 0.15) is 56.0 Å². The average molecular weight is 380 g/mol. The van der Waals surface area contributed by atoms with Crippen molar-refractivity contribution < 1.29 is 9.53 Å². The summed E-state index contributed by atoms with van der Waals surface area (Å²) in [6.07, 6.45) is 4.63. The lowest BCUT2D eigenvalue weighted by atomic mass is 9.98. The number of benzene rings is 1. The van der Waals surface area contributed by atoms with Crippen LogP contribution in [0.3, 0.4) is 0 Å². The van der Waals surface area contributed by atoms with Crippen molar-refractivity contribution in [1.29, 1.82) is 0 Å². The minimum Gasteiger partial charge on any atom is -0.370 e. The molecule has 28 heavy (non-hydrogen) atoms. The molecule has 8 nitrogen and oxygen atoms in total. The van der Waals surface area contributed by atoms with Gasteiger partial charge in [0.25, 0.3) is 0 Å². The van der Waals surface area contributed by atoms with E-state index >= 15 is 0 Å². The summed E-state index contributed by atoms with van der Waals surface area (Å²) < 4.78 is 7.73. The van der Waals surface area contributed by atoms with Gasteiger partial charge in [0.1, 0.15) is 23.8 Å². The summed E-state index contributed by atoms with van der Waals surface area (Å²) in [6.45, 7) is 2.95. The van der Waals surface area contributed by atoms with Gasteiger partial charge < -0.3 is 15.0 Å². The predicted octanol–water partition coefficient (Wildman–Crippen LogP) is 2.37. The van der Waals surface area contributed by atoms with Crippen LogP contribution < -0.4 is 5.32 Å². The van der Waals surface area contributed by atoms with Gasteiger partial charge in [-0.3, -0.25) is 9.36 Å². The first-order valence-corrected chi connectivity index (χ1v) is 9.89. The number of amides is 1. The monoisotopic (exact) mass is 380 g/mol. The van der Waals surface area contributed by atoms with Crippen LogP contribution in [-0.2, 0) is 28.2 Å². The van der Waals surface area contributed by atoms with E-state index in [0.29, 0.717) is 25.7 Å². The lowest BCUT2D eigenvalue weighted by molar-refractivity contribution is -0.135. The number of nitrogens with zero attached hydrogens (tertiary/aromatic N) is 4. The SMILES string of the molecule is CC1(C(=O)NCc2nc3ccccc3[nH]2)COCc2nnc(C3CCCC3)n21. The average Bonchev–Trinajstić information content (AvgIpc) is 3.44. The number of hydrogen-bond acceptors (Lipinski definition) is 5. The highest BCUT2D eigenvalue weighted by molar-refractivity contribution is 5.84. The second kappa shape index (κ2) is 6.70. The van der Waals surface area contributed by atoms with Gasteiger partial charge in [-0.25, -0.2) is 4.98 Å². The summed E-state index contributed by atoms with van der Waals surface area (Å²) >= 11 is 0. The molecular weight excluding hydrogens is 356 g/mol. The summed E-state index contributed by atoms with van der Waals surface area (Å²) in [7, 11) is 0. The van der Waals surface area contributed by atoms with Crippen molar-refractivity contribution in [1.82, 2.24) is 30.0 Å². The molecule has 1 fully saturated rings. The molecular formula is C20H24N6O2. The van der Waals surface area contributed by atoms with Gasteiger partial charge in [0.2, 0.25) is 5.91 Å². The van der Waals surface area contributed by atoms with Crippen molar-refractivity contribution >= 4 is 16.9 Å². The predicted molar refractivity (Wildman–Crippen MR) is 102 cm³/mol. The van der Waals surface area contributed by atoms with E-state index in [0.717, 1.165) is 41.3 Å². The zero-order valence-electron chi connectivity index (χ0n) is 15.9. The molecule has 1 saturated carbocycles. The van der Waals surface area contributed by atoms with Crippen molar-refractivity contribution in [3.8, 4) is 0 Å². The molecule has 0 spiro atoms. The molecule has 0 bridgehead atoms. The Morgan fingerprint density at radius 3 is 2.96 bits per heavy atom. The number of aromatic amines is 1. The molecule has 1 amide bonds. The Balaban J connectivity index is 1.39. The van der Waals surface area contributed by atoms with Crippen molar-refractivity contribution in [2.24, 2.45) is 0 Å². The van der Waals surface area contributed by atoms with E-state index < -0.39 is 5.54 Å². The maximum absolute atomic E-state index is 13.2. The van der Waals surface area contributed by atoms with Crippen LogP contribution in [0.15, 0.2) is 24.3 Å². The van der Waals surface area contributed by atoms with E-state index in [1.54, 1.807) is 0 Å². The summed E-state index contributed by atoms with van der Waals surface area (Å²) in [5.74, 6) is 2.66. The van der Waals surface area contributed by atoms with Crippen molar-refractivity contribution in [2.45, 2.75) is 57.2 Å². The number of imidazole rings is 1. The van der Waals surface area contributed by atoms with Gasteiger partial charge in [-0.15, -0.1) is 10.2 Å². The molecule has 2 aromatic heterocycles. The van der Waals surface area contributed by atoms with E-state index in [9.17, 15) is 4.79 Å². The molecule has 0 radical (unpaired) electrons. The Morgan fingerprint density at radius 1 is 1.32 bits per heavy atom. The molecule has 2 aliphatic rings. The van der Waals surface area contributed by atoms with Gasteiger partial charge in [-0.05, 0) is 31.9 Å². The molecule has 8 heteroatoms. The number of fused-ring (bicyclic) bond motifs is 2. The van der Waals surface area contributed by atoms with Gasteiger partial charge >= 0.3 is 0 Å². The van der Waals surface area contributed by atoms with E-state index in [4.69, 9.17) is 4.74 Å². The molecule has 0 saturated heterocycles. The number of carbonyl (C=O) groups is 1. The van der Waals surface area contributed by atoms with Crippen LogP contribution in [0.2, 0.25) is 0 Å². The van der Waals surface area contributed by atoms with Crippen LogP contribution in [-0.4, -0.2) is 37.2 Å². The summed E-state index contributed by atoms with van der Waals surface area (Å²) in [5.41, 5.74) is 0.994. The molecule has 5 rings (SSSR count). The second-order valence-corrected chi connectivity index (χ2v) is 7.94. The highest BCUT2D eigenvalue weighted by Gasteiger charge is 2.43. The third-order valence-electron chi connectivity index (χ3n) is 5.93. The lowest BCUT2D eigenvalue weighted by Gasteiger charge is -2.35. The number of ether oxygens (including phenoxy) is 1. The van der Waals surface area contributed by atoms with Crippen LogP contribution in [0, 0.1) is 0 Å². The maximum Gasteiger partial charge on any atom is 0.248 e. The number of carbonyl (C=O) groups excluding carboxylic acids is 1. The van der Waals surface area contributed by atoms with E-state index in [-0.39, 0.29) is 5.91 Å². The summed E-state index contributed by atoms with van der Waals surface area (Å²) in [4.78, 5) is 21.0. The Kier molecular flexibility index (Phi) is 4.16. The van der Waals surface area contributed by atoms with Gasteiger partial charge in [0.05, 0.1) is 24.2 Å². The second-order valence-electron chi connectivity index (χ2n) is 7.94. The quantitative estimate of drug-likeness (QED) is 0.724.